The summed E-state index contributed by atoms with van der Waals surface area (Å²) >= 11 is 6.45. The first-order chi connectivity index (χ1) is 19.3. The zero-order valence-electron chi connectivity index (χ0n) is 22.6. The Balaban J connectivity index is 1.17. The van der Waals surface area contributed by atoms with Gasteiger partial charge in [0.05, 0.1) is 16.3 Å². The first-order valence-corrected chi connectivity index (χ1v) is 15.2. The van der Waals surface area contributed by atoms with Crippen LogP contribution in [-0.4, -0.2) is 82.3 Å². The van der Waals surface area contributed by atoms with Gasteiger partial charge in [0.15, 0.2) is 5.78 Å². The van der Waals surface area contributed by atoms with Gasteiger partial charge in [0.1, 0.15) is 24.3 Å². The minimum Gasteiger partial charge on any atom is -0.508 e. The lowest BCUT2D eigenvalue weighted by Gasteiger charge is -2.39. The predicted octanol–water partition coefficient (Wildman–Crippen LogP) is 3.74. The van der Waals surface area contributed by atoms with Gasteiger partial charge in [-0.05, 0) is 62.8 Å². The first kappa shape index (κ1) is 25.2. The number of halogens is 2. The van der Waals surface area contributed by atoms with Crippen molar-refractivity contribution in [3.63, 3.8) is 0 Å². The van der Waals surface area contributed by atoms with Gasteiger partial charge in [-0.25, -0.2) is 4.39 Å². The second-order valence-corrected chi connectivity index (χ2v) is 13.5. The summed E-state index contributed by atoms with van der Waals surface area (Å²) in [6.07, 6.45) is 6.44. The van der Waals surface area contributed by atoms with Crippen molar-refractivity contribution in [3.8, 4) is 11.8 Å². The van der Waals surface area contributed by atoms with Crippen LogP contribution in [0.25, 0.3) is 0 Å². The van der Waals surface area contributed by atoms with E-state index >= 15 is 0 Å². The third-order valence-electron chi connectivity index (χ3n) is 10.6. The van der Waals surface area contributed by atoms with Crippen molar-refractivity contribution < 1.29 is 19.0 Å². The lowest BCUT2D eigenvalue weighted by atomic mass is 9.69. The van der Waals surface area contributed by atoms with Gasteiger partial charge in [0.25, 0.3) is 0 Å². The molecule has 3 unspecified atom stereocenters. The normalized spacial score (nSPS) is 34.4. The summed E-state index contributed by atoms with van der Waals surface area (Å²) in [5, 5.41) is 14.4. The summed E-state index contributed by atoms with van der Waals surface area (Å²) in [5.41, 5.74) is 2.68. The van der Waals surface area contributed by atoms with Crippen molar-refractivity contribution in [1.29, 1.82) is 0 Å². The third-order valence-corrected chi connectivity index (χ3v) is 10.9. The van der Waals surface area contributed by atoms with Gasteiger partial charge in [-0.1, -0.05) is 11.6 Å². The molecule has 4 saturated heterocycles. The average molecular weight is 568 g/mol. The number of rotatable bonds is 4. The molecule has 40 heavy (non-hydrogen) atoms. The molecule has 2 aliphatic carbocycles. The number of aromatic nitrogens is 2. The molecule has 4 fully saturated rings. The quantitative estimate of drug-likeness (QED) is 0.577. The molecule has 0 saturated carbocycles. The predicted molar refractivity (Wildman–Crippen MR) is 149 cm³/mol. The van der Waals surface area contributed by atoms with Crippen LogP contribution in [0.4, 0.5) is 10.2 Å². The van der Waals surface area contributed by atoms with Crippen LogP contribution in [0, 0.1) is 0 Å². The molecule has 8 rings (SSSR count). The maximum atomic E-state index is 14.4. The number of Topliss-reactive ketones (excluding diaryl/α,β-unsaturated/α-hetero) is 1. The SMILES string of the molecule is O=C1CC2(CCc3c(nc(OC[C@@]45CCCN4C[C@H](F)C5)nc3N3CC4CCC(C3)N4)C2)c2cc(O)cc(Cl)c21. The van der Waals surface area contributed by atoms with E-state index < -0.39 is 11.6 Å². The number of benzene rings is 1. The number of phenolic OH excluding ortho intramolecular Hbond substituents is 1. The second kappa shape index (κ2) is 9.00. The zero-order chi connectivity index (χ0) is 27.2. The highest BCUT2D eigenvalue weighted by Gasteiger charge is 2.50. The van der Waals surface area contributed by atoms with E-state index in [9.17, 15) is 14.3 Å². The largest absolute Gasteiger partial charge is 0.508 e. The first-order valence-electron chi connectivity index (χ1n) is 14.8. The third kappa shape index (κ3) is 3.87. The van der Waals surface area contributed by atoms with Gasteiger partial charge in [-0.3, -0.25) is 9.69 Å². The minimum absolute atomic E-state index is 0.0234. The van der Waals surface area contributed by atoms with E-state index in [1.165, 1.54) is 18.9 Å². The number of hydrogen-bond donors (Lipinski definition) is 2. The molecule has 1 aromatic carbocycles. The Labute approximate surface area is 238 Å². The lowest BCUT2D eigenvalue weighted by Crippen LogP contribution is -2.52. The number of nitrogens with zero attached hydrogens (tertiary/aromatic N) is 4. The average Bonchev–Trinajstić information content (AvgIpc) is 3.62. The van der Waals surface area contributed by atoms with Gasteiger partial charge < -0.3 is 20.1 Å². The molecule has 8 nitrogen and oxygen atoms in total. The van der Waals surface area contributed by atoms with Gasteiger partial charge in [-0.2, -0.15) is 9.97 Å². The van der Waals surface area contributed by atoms with Crippen LogP contribution in [0.3, 0.4) is 0 Å². The van der Waals surface area contributed by atoms with E-state index in [-0.39, 0.29) is 17.1 Å². The van der Waals surface area contributed by atoms with Crippen LogP contribution in [0.2, 0.25) is 5.02 Å². The molecular weight excluding hydrogens is 533 g/mol. The highest BCUT2D eigenvalue weighted by molar-refractivity contribution is 6.34. The molecule has 212 valence electrons. The molecule has 6 aliphatic rings. The molecule has 5 atom stereocenters. The van der Waals surface area contributed by atoms with E-state index in [0.29, 0.717) is 61.1 Å². The number of ketones is 1. The number of carbonyl (C=O) groups is 1. The maximum absolute atomic E-state index is 14.4. The number of fused-ring (bicyclic) bond motifs is 6. The Bertz CT molecular complexity index is 1400. The van der Waals surface area contributed by atoms with Crippen molar-refractivity contribution in [2.45, 2.75) is 87.0 Å². The van der Waals surface area contributed by atoms with E-state index in [1.54, 1.807) is 6.07 Å². The fraction of sp³-hybridized carbons (Fsp3) is 0.633. The molecule has 1 spiro atoms. The standard InChI is InChI=1S/C30H35ClFN5O3/c31-23-9-20(38)8-22-26(23)25(39)12-29(22)6-4-21-24(11-29)34-28(35-27(21)36-14-18-2-3-19(15-36)33-18)40-16-30-5-1-7-37(30)13-17(32)10-30/h8-9,17-19,33,38H,1-7,10-16H2/t17-,18?,19?,29?,30+/m1/s1. The molecule has 5 heterocycles. The molecule has 2 N–H and O–H groups in total. The molecule has 2 aromatic rings. The van der Waals surface area contributed by atoms with Gasteiger partial charge in [-0.15, -0.1) is 0 Å². The Morgan fingerprint density at radius 3 is 2.80 bits per heavy atom. The van der Waals surface area contributed by atoms with Crippen molar-refractivity contribution in [1.82, 2.24) is 20.2 Å². The highest BCUT2D eigenvalue weighted by atomic mass is 35.5. The smallest absolute Gasteiger partial charge is 0.318 e. The van der Waals surface area contributed by atoms with E-state index in [1.807, 2.05) is 0 Å². The Kier molecular flexibility index (Phi) is 5.68. The van der Waals surface area contributed by atoms with E-state index in [4.69, 9.17) is 26.3 Å². The molecule has 4 aliphatic heterocycles. The van der Waals surface area contributed by atoms with Crippen LogP contribution in [0.15, 0.2) is 12.1 Å². The van der Waals surface area contributed by atoms with Crippen molar-refractivity contribution in [3.05, 3.63) is 39.5 Å². The maximum Gasteiger partial charge on any atom is 0.318 e. The minimum atomic E-state index is -0.816. The van der Waals surface area contributed by atoms with Gasteiger partial charge >= 0.3 is 6.01 Å². The number of anilines is 1. The summed E-state index contributed by atoms with van der Waals surface area (Å²) in [7, 11) is 0. The number of alkyl halides is 1. The van der Waals surface area contributed by atoms with E-state index in [0.717, 1.165) is 68.0 Å². The Morgan fingerprint density at radius 1 is 1.15 bits per heavy atom. The molecule has 0 amide bonds. The number of ether oxygens (including phenoxy) is 1. The fourth-order valence-electron chi connectivity index (χ4n) is 8.78. The molecule has 10 heteroatoms. The fourth-order valence-corrected chi connectivity index (χ4v) is 9.10. The number of hydrogen-bond acceptors (Lipinski definition) is 8. The summed E-state index contributed by atoms with van der Waals surface area (Å²) in [5.74, 6) is 1.05. The summed E-state index contributed by atoms with van der Waals surface area (Å²) in [4.78, 5) is 27.8. The summed E-state index contributed by atoms with van der Waals surface area (Å²) in [6, 6.07) is 4.43. The number of aromatic hydroxyl groups is 1. The number of carbonyl (C=O) groups excluding carboxylic acids is 1. The van der Waals surface area contributed by atoms with Crippen LogP contribution in [-0.2, 0) is 18.3 Å². The topological polar surface area (TPSA) is 90.8 Å². The van der Waals surface area contributed by atoms with Gasteiger partial charge in [0, 0.05) is 67.5 Å². The number of piperazine rings is 1. The second-order valence-electron chi connectivity index (χ2n) is 13.1. The zero-order valence-corrected chi connectivity index (χ0v) is 23.4. The lowest BCUT2D eigenvalue weighted by molar-refractivity contribution is 0.0968. The highest BCUT2D eigenvalue weighted by Crippen LogP contribution is 2.51. The van der Waals surface area contributed by atoms with Crippen molar-refractivity contribution in [2.24, 2.45) is 0 Å². The van der Waals surface area contributed by atoms with E-state index in [2.05, 4.69) is 15.1 Å². The van der Waals surface area contributed by atoms with Crippen LogP contribution in [0.1, 0.15) is 72.1 Å². The van der Waals surface area contributed by atoms with Crippen molar-refractivity contribution in [2.75, 3.05) is 37.7 Å². The van der Waals surface area contributed by atoms with Crippen LogP contribution >= 0.6 is 11.6 Å². The van der Waals surface area contributed by atoms with Crippen LogP contribution < -0.4 is 15.0 Å². The number of nitrogens with one attached hydrogen (secondary N) is 1. The molecule has 2 bridgehead atoms. The van der Waals surface area contributed by atoms with Crippen LogP contribution in [0.5, 0.6) is 11.8 Å². The Morgan fingerprint density at radius 2 is 1.98 bits per heavy atom. The number of phenols is 1. The van der Waals surface area contributed by atoms with Gasteiger partial charge in [0.2, 0.25) is 0 Å². The summed E-state index contributed by atoms with van der Waals surface area (Å²) < 4.78 is 20.8. The Hall–Kier alpha value is -2.49. The van der Waals surface area contributed by atoms with Crippen molar-refractivity contribution >= 4 is 23.2 Å². The molecule has 1 aromatic heterocycles. The molecule has 0 radical (unpaired) electrons. The monoisotopic (exact) mass is 567 g/mol. The summed E-state index contributed by atoms with van der Waals surface area (Å²) in [6.45, 7) is 3.57. The molecular formula is C30H35ClFN5O3.